The molecular formula is C12H11BrN2O3. The second-order valence-corrected chi connectivity index (χ2v) is 4.67. The van der Waals surface area contributed by atoms with E-state index in [-0.39, 0.29) is 5.69 Å². The number of carboxylic acid groups (broad SMARTS) is 1. The fourth-order valence-electron chi connectivity index (χ4n) is 1.45. The summed E-state index contributed by atoms with van der Waals surface area (Å²) in [5.41, 5.74) is 1.96. The monoisotopic (exact) mass is 310 g/mol. The van der Waals surface area contributed by atoms with Crippen LogP contribution in [-0.4, -0.2) is 16.2 Å². The highest BCUT2D eigenvalue weighted by Crippen LogP contribution is 2.23. The number of nitrogens with zero attached hydrogens (tertiary/aromatic N) is 1. The fraction of sp³-hybridized carbons (Fsp3) is 0.167. The topological polar surface area (TPSA) is 75.4 Å². The van der Waals surface area contributed by atoms with Crippen LogP contribution in [0.2, 0.25) is 0 Å². The maximum absolute atomic E-state index is 10.6. The number of carbonyl (C=O) groups is 1. The first-order valence-electron chi connectivity index (χ1n) is 5.25. The van der Waals surface area contributed by atoms with E-state index in [1.165, 1.54) is 6.07 Å². The summed E-state index contributed by atoms with van der Waals surface area (Å²) in [7, 11) is 0. The van der Waals surface area contributed by atoms with Gasteiger partial charge in [0.05, 0.1) is 6.54 Å². The number of benzene rings is 1. The highest BCUT2D eigenvalue weighted by atomic mass is 79.9. The molecule has 0 atom stereocenters. The SMILES string of the molecule is Cc1ccc(Br)c(NCc2cc(C(=O)O)no2)c1. The third-order valence-corrected chi connectivity index (χ3v) is 3.04. The van der Waals surface area contributed by atoms with Crippen molar-refractivity contribution in [3.63, 3.8) is 0 Å². The van der Waals surface area contributed by atoms with E-state index < -0.39 is 5.97 Å². The second-order valence-electron chi connectivity index (χ2n) is 3.82. The third-order valence-electron chi connectivity index (χ3n) is 2.35. The van der Waals surface area contributed by atoms with Crippen molar-refractivity contribution in [2.45, 2.75) is 13.5 Å². The summed E-state index contributed by atoms with van der Waals surface area (Å²) in [6, 6.07) is 7.32. The molecule has 1 heterocycles. The molecule has 5 nitrogen and oxygen atoms in total. The number of anilines is 1. The maximum atomic E-state index is 10.6. The van der Waals surface area contributed by atoms with Crippen molar-refractivity contribution < 1.29 is 14.4 Å². The van der Waals surface area contributed by atoms with Gasteiger partial charge in [-0.3, -0.25) is 0 Å². The Morgan fingerprint density at radius 3 is 2.94 bits per heavy atom. The van der Waals surface area contributed by atoms with E-state index in [0.717, 1.165) is 15.7 Å². The van der Waals surface area contributed by atoms with Crippen LogP contribution < -0.4 is 5.32 Å². The summed E-state index contributed by atoms with van der Waals surface area (Å²) >= 11 is 3.43. The molecule has 0 amide bonds. The first kappa shape index (κ1) is 12.6. The minimum absolute atomic E-state index is 0.0879. The van der Waals surface area contributed by atoms with Crippen molar-refractivity contribution in [3.05, 3.63) is 45.8 Å². The van der Waals surface area contributed by atoms with Crippen LogP contribution >= 0.6 is 15.9 Å². The Kier molecular flexibility index (Phi) is 3.66. The molecule has 2 aromatic rings. The van der Waals surface area contributed by atoms with Gasteiger partial charge in [-0.05, 0) is 40.5 Å². The molecule has 6 heteroatoms. The van der Waals surface area contributed by atoms with Gasteiger partial charge in [-0.15, -0.1) is 0 Å². The van der Waals surface area contributed by atoms with Crippen LogP contribution in [0.15, 0.2) is 33.3 Å². The zero-order valence-corrected chi connectivity index (χ0v) is 11.2. The number of halogens is 1. The van der Waals surface area contributed by atoms with Crippen molar-refractivity contribution in [2.75, 3.05) is 5.32 Å². The molecule has 0 spiro atoms. The van der Waals surface area contributed by atoms with Gasteiger partial charge in [0.2, 0.25) is 0 Å². The van der Waals surface area contributed by atoms with Gasteiger partial charge in [0.1, 0.15) is 0 Å². The Labute approximate surface area is 112 Å². The van der Waals surface area contributed by atoms with Gasteiger partial charge in [0, 0.05) is 16.2 Å². The van der Waals surface area contributed by atoms with Crippen LogP contribution in [0.25, 0.3) is 0 Å². The molecule has 2 rings (SSSR count). The molecule has 0 bridgehead atoms. The van der Waals surface area contributed by atoms with Crippen LogP contribution in [-0.2, 0) is 6.54 Å². The van der Waals surface area contributed by atoms with Crippen molar-refractivity contribution in [1.82, 2.24) is 5.16 Å². The number of nitrogens with one attached hydrogen (secondary N) is 1. The number of aromatic nitrogens is 1. The lowest BCUT2D eigenvalue weighted by Crippen LogP contribution is -1.99. The molecule has 0 aliphatic carbocycles. The van der Waals surface area contributed by atoms with E-state index in [0.29, 0.717) is 12.3 Å². The Hall–Kier alpha value is -1.82. The molecule has 2 N–H and O–H groups in total. The average molecular weight is 311 g/mol. The Bertz CT molecular complexity index is 580. The average Bonchev–Trinajstić information content (AvgIpc) is 2.79. The lowest BCUT2D eigenvalue weighted by atomic mass is 10.2. The van der Waals surface area contributed by atoms with Gasteiger partial charge in [0.25, 0.3) is 0 Å². The van der Waals surface area contributed by atoms with Crippen LogP contribution in [0.5, 0.6) is 0 Å². The van der Waals surface area contributed by atoms with Crippen LogP contribution in [0.1, 0.15) is 21.8 Å². The van der Waals surface area contributed by atoms with Crippen LogP contribution in [0.4, 0.5) is 5.69 Å². The Balaban J connectivity index is 2.06. The zero-order valence-electron chi connectivity index (χ0n) is 9.61. The standard InChI is InChI=1S/C12H11BrN2O3/c1-7-2-3-9(13)10(4-7)14-6-8-5-11(12(16)17)15-18-8/h2-5,14H,6H2,1H3,(H,16,17). The molecule has 94 valence electrons. The molecule has 0 aliphatic heterocycles. The summed E-state index contributed by atoms with van der Waals surface area (Å²) in [5, 5.41) is 15.3. The quantitative estimate of drug-likeness (QED) is 0.907. The molecule has 0 fully saturated rings. The van der Waals surface area contributed by atoms with Crippen molar-refractivity contribution in [2.24, 2.45) is 0 Å². The van der Waals surface area contributed by atoms with Crippen molar-refractivity contribution in [3.8, 4) is 0 Å². The Morgan fingerprint density at radius 1 is 1.50 bits per heavy atom. The van der Waals surface area contributed by atoms with E-state index in [2.05, 4.69) is 26.4 Å². The maximum Gasteiger partial charge on any atom is 0.358 e. The van der Waals surface area contributed by atoms with E-state index in [9.17, 15) is 4.79 Å². The first-order valence-corrected chi connectivity index (χ1v) is 6.04. The van der Waals surface area contributed by atoms with E-state index in [4.69, 9.17) is 9.63 Å². The van der Waals surface area contributed by atoms with Gasteiger partial charge >= 0.3 is 5.97 Å². The molecule has 1 aromatic carbocycles. The van der Waals surface area contributed by atoms with Gasteiger partial charge < -0.3 is 14.9 Å². The summed E-state index contributed by atoms with van der Waals surface area (Å²) in [4.78, 5) is 10.6. The zero-order chi connectivity index (χ0) is 13.1. The molecule has 0 saturated heterocycles. The minimum Gasteiger partial charge on any atom is -0.476 e. The van der Waals surface area contributed by atoms with E-state index >= 15 is 0 Å². The number of aromatic carboxylic acids is 1. The smallest absolute Gasteiger partial charge is 0.358 e. The Morgan fingerprint density at radius 2 is 2.28 bits per heavy atom. The first-order chi connectivity index (χ1) is 8.56. The minimum atomic E-state index is -1.10. The predicted octanol–water partition coefficient (Wildman–Crippen LogP) is 3.06. The number of aryl methyl sites for hydroxylation is 1. The lowest BCUT2D eigenvalue weighted by Gasteiger charge is -2.07. The number of rotatable bonds is 4. The number of carboxylic acids is 1. The predicted molar refractivity (Wildman–Crippen MR) is 69.7 cm³/mol. The van der Waals surface area contributed by atoms with E-state index in [1.807, 2.05) is 25.1 Å². The summed E-state index contributed by atoms with van der Waals surface area (Å²) in [6.07, 6.45) is 0. The highest BCUT2D eigenvalue weighted by Gasteiger charge is 2.10. The molecule has 1 aromatic heterocycles. The molecule has 0 aliphatic rings. The summed E-state index contributed by atoms with van der Waals surface area (Å²) in [6.45, 7) is 2.37. The fourth-order valence-corrected chi connectivity index (χ4v) is 1.84. The van der Waals surface area contributed by atoms with Crippen LogP contribution in [0.3, 0.4) is 0 Å². The highest BCUT2D eigenvalue weighted by molar-refractivity contribution is 9.10. The van der Waals surface area contributed by atoms with Gasteiger partial charge in [-0.2, -0.15) is 0 Å². The van der Waals surface area contributed by atoms with Gasteiger partial charge in [-0.25, -0.2) is 4.79 Å². The second kappa shape index (κ2) is 5.22. The molecular weight excluding hydrogens is 300 g/mol. The number of hydrogen-bond donors (Lipinski definition) is 2. The summed E-state index contributed by atoms with van der Waals surface area (Å²) < 4.78 is 5.85. The third kappa shape index (κ3) is 2.89. The normalized spacial score (nSPS) is 10.3. The molecule has 0 radical (unpaired) electrons. The molecule has 18 heavy (non-hydrogen) atoms. The molecule has 0 unspecified atom stereocenters. The van der Waals surface area contributed by atoms with Crippen molar-refractivity contribution in [1.29, 1.82) is 0 Å². The lowest BCUT2D eigenvalue weighted by molar-refractivity contribution is 0.0685. The van der Waals surface area contributed by atoms with Gasteiger partial charge in [-0.1, -0.05) is 11.2 Å². The van der Waals surface area contributed by atoms with Crippen molar-refractivity contribution >= 4 is 27.6 Å². The summed E-state index contributed by atoms with van der Waals surface area (Å²) in [5.74, 6) is -0.623. The van der Waals surface area contributed by atoms with Crippen LogP contribution in [0, 0.1) is 6.92 Å². The van der Waals surface area contributed by atoms with E-state index in [1.54, 1.807) is 0 Å². The molecule has 0 saturated carbocycles. The van der Waals surface area contributed by atoms with Gasteiger partial charge in [0.15, 0.2) is 11.5 Å². The number of hydrogen-bond acceptors (Lipinski definition) is 4. The largest absolute Gasteiger partial charge is 0.476 e.